The summed E-state index contributed by atoms with van der Waals surface area (Å²) in [5.41, 5.74) is 1.46. The number of carboxylic acids is 1. The number of benzene rings is 1. The molecule has 0 aliphatic carbocycles. The zero-order valence-electron chi connectivity index (χ0n) is 16.1. The van der Waals surface area contributed by atoms with Gasteiger partial charge in [-0.3, -0.25) is 19.3 Å². The molecule has 28 heavy (non-hydrogen) atoms. The molecule has 1 N–H and O–H groups in total. The summed E-state index contributed by atoms with van der Waals surface area (Å²) in [7, 11) is 0. The van der Waals surface area contributed by atoms with E-state index in [9.17, 15) is 19.5 Å². The van der Waals surface area contributed by atoms with Crippen LogP contribution in [0.4, 0.5) is 5.69 Å². The van der Waals surface area contributed by atoms with E-state index >= 15 is 0 Å². The Morgan fingerprint density at radius 2 is 1.86 bits per heavy atom. The van der Waals surface area contributed by atoms with Crippen LogP contribution in [0.25, 0.3) is 0 Å². The second-order valence-electron chi connectivity index (χ2n) is 8.14. The molecular weight excluding hydrogens is 360 g/mol. The molecule has 7 nitrogen and oxygen atoms in total. The summed E-state index contributed by atoms with van der Waals surface area (Å²) in [6, 6.07) is 6.97. The fourth-order valence-electron chi connectivity index (χ4n) is 5.14. The van der Waals surface area contributed by atoms with Crippen LogP contribution in [0, 0.1) is 11.3 Å². The van der Waals surface area contributed by atoms with Crippen LogP contribution in [0.15, 0.2) is 24.3 Å². The molecule has 3 aliphatic heterocycles. The molecule has 150 valence electrons. The first-order valence-electron chi connectivity index (χ1n) is 9.90. The van der Waals surface area contributed by atoms with Gasteiger partial charge in [0.1, 0.15) is 6.04 Å². The molecule has 0 saturated carbocycles. The summed E-state index contributed by atoms with van der Waals surface area (Å²) in [4.78, 5) is 40.9. The summed E-state index contributed by atoms with van der Waals surface area (Å²) in [5.74, 6) is -1.77. The van der Waals surface area contributed by atoms with Crippen LogP contribution in [0.3, 0.4) is 0 Å². The van der Waals surface area contributed by atoms with Crippen molar-refractivity contribution in [2.75, 3.05) is 31.2 Å². The topological polar surface area (TPSA) is 87.2 Å². The molecule has 1 aromatic carbocycles. The minimum Gasteiger partial charge on any atom is -0.481 e. The van der Waals surface area contributed by atoms with Gasteiger partial charge < -0.3 is 14.7 Å². The molecule has 0 bridgehead atoms. The predicted octanol–water partition coefficient (Wildman–Crippen LogP) is 1.69. The van der Waals surface area contributed by atoms with Gasteiger partial charge in [-0.25, -0.2) is 0 Å². The molecule has 1 aromatic rings. The highest BCUT2D eigenvalue weighted by molar-refractivity contribution is 6.02. The number of para-hydroxylation sites is 1. The van der Waals surface area contributed by atoms with Gasteiger partial charge in [-0.1, -0.05) is 18.2 Å². The highest BCUT2D eigenvalue weighted by atomic mass is 16.5. The van der Waals surface area contributed by atoms with Gasteiger partial charge >= 0.3 is 5.97 Å². The number of amides is 2. The maximum atomic E-state index is 13.3. The van der Waals surface area contributed by atoms with Crippen molar-refractivity contribution in [3.05, 3.63) is 29.8 Å². The average Bonchev–Trinajstić information content (AvgIpc) is 3.08. The normalized spacial score (nSPS) is 26.2. The summed E-state index contributed by atoms with van der Waals surface area (Å²) in [6.07, 6.45) is 2.58. The van der Waals surface area contributed by atoms with Gasteiger partial charge in [0.25, 0.3) is 0 Å². The van der Waals surface area contributed by atoms with E-state index in [0.29, 0.717) is 32.6 Å². The average molecular weight is 386 g/mol. The first kappa shape index (κ1) is 18.9. The number of aliphatic carboxylic acids is 1. The SMILES string of the molecule is CC(=O)N1c2ccccc2C[C@@H]1C(=O)N1CCC2(CCOCC2)C(C(=O)O)C1. The number of nitrogens with zero attached hydrogens (tertiary/aromatic N) is 2. The number of fused-ring (bicyclic) bond motifs is 1. The maximum absolute atomic E-state index is 13.3. The summed E-state index contributed by atoms with van der Waals surface area (Å²) >= 11 is 0. The zero-order chi connectivity index (χ0) is 19.9. The standard InChI is InChI=1S/C21H26N2O5/c1-14(24)23-17-5-3-2-4-15(17)12-18(23)19(25)22-9-6-21(7-10-28-11-8-21)16(13-22)20(26)27/h2-5,16,18H,6-13H2,1H3,(H,26,27)/t16?,18-/m1/s1. The molecular formula is C21H26N2O5. The highest BCUT2D eigenvalue weighted by Crippen LogP contribution is 2.45. The third kappa shape index (κ3) is 3.07. The van der Waals surface area contributed by atoms with Crippen molar-refractivity contribution >= 4 is 23.5 Å². The number of hydrogen-bond acceptors (Lipinski definition) is 4. The first-order valence-corrected chi connectivity index (χ1v) is 9.90. The second kappa shape index (κ2) is 7.20. The summed E-state index contributed by atoms with van der Waals surface area (Å²) in [6.45, 7) is 3.35. The fraction of sp³-hybridized carbons (Fsp3) is 0.571. The number of likely N-dealkylation sites (tertiary alicyclic amines) is 1. The van der Waals surface area contributed by atoms with Crippen molar-refractivity contribution in [3.63, 3.8) is 0 Å². The van der Waals surface area contributed by atoms with Crippen LogP contribution in [0.5, 0.6) is 0 Å². The van der Waals surface area contributed by atoms with Crippen LogP contribution in [-0.2, 0) is 25.5 Å². The van der Waals surface area contributed by atoms with Crippen molar-refractivity contribution in [2.45, 2.75) is 38.6 Å². The maximum Gasteiger partial charge on any atom is 0.308 e. The third-order valence-electron chi connectivity index (χ3n) is 6.72. The minimum atomic E-state index is -0.850. The number of carboxylic acid groups (broad SMARTS) is 1. The van der Waals surface area contributed by atoms with Gasteiger partial charge in [-0.15, -0.1) is 0 Å². The number of carbonyl (C=O) groups excluding carboxylic acids is 2. The number of carbonyl (C=O) groups is 3. The lowest BCUT2D eigenvalue weighted by molar-refractivity contribution is -0.159. The Bertz CT molecular complexity index is 802. The highest BCUT2D eigenvalue weighted by Gasteiger charge is 2.50. The van der Waals surface area contributed by atoms with Crippen molar-refractivity contribution in [3.8, 4) is 0 Å². The number of piperidine rings is 1. The van der Waals surface area contributed by atoms with Gasteiger partial charge in [-0.2, -0.15) is 0 Å². The Balaban J connectivity index is 1.56. The predicted molar refractivity (Wildman–Crippen MR) is 102 cm³/mol. The molecule has 7 heteroatoms. The van der Waals surface area contributed by atoms with E-state index in [0.717, 1.165) is 24.1 Å². The number of rotatable bonds is 2. The molecule has 3 heterocycles. The van der Waals surface area contributed by atoms with E-state index in [-0.39, 0.29) is 23.8 Å². The lowest BCUT2D eigenvalue weighted by Gasteiger charge is -2.48. The molecule has 1 spiro atoms. The van der Waals surface area contributed by atoms with Crippen LogP contribution in [-0.4, -0.2) is 60.1 Å². The molecule has 0 radical (unpaired) electrons. The van der Waals surface area contributed by atoms with Crippen LogP contribution in [0.1, 0.15) is 31.7 Å². The van der Waals surface area contributed by atoms with E-state index in [1.54, 1.807) is 9.80 Å². The Labute approximate surface area is 164 Å². The molecule has 2 atom stereocenters. The Kier molecular flexibility index (Phi) is 4.87. The van der Waals surface area contributed by atoms with Crippen molar-refractivity contribution in [2.24, 2.45) is 11.3 Å². The van der Waals surface area contributed by atoms with E-state index in [1.165, 1.54) is 6.92 Å². The smallest absolute Gasteiger partial charge is 0.308 e. The first-order chi connectivity index (χ1) is 13.4. The lowest BCUT2D eigenvalue weighted by Crippen LogP contribution is -2.57. The van der Waals surface area contributed by atoms with Gasteiger partial charge in [0.2, 0.25) is 11.8 Å². The zero-order valence-corrected chi connectivity index (χ0v) is 16.1. The lowest BCUT2D eigenvalue weighted by atomic mass is 9.65. The molecule has 2 amide bonds. The largest absolute Gasteiger partial charge is 0.481 e. The summed E-state index contributed by atoms with van der Waals surface area (Å²) < 4.78 is 5.44. The Hall–Kier alpha value is -2.41. The molecule has 4 rings (SSSR count). The number of hydrogen-bond donors (Lipinski definition) is 1. The molecule has 1 unspecified atom stereocenters. The molecule has 0 aromatic heterocycles. The second-order valence-corrected chi connectivity index (χ2v) is 8.14. The fourth-order valence-corrected chi connectivity index (χ4v) is 5.14. The van der Waals surface area contributed by atoms with Crippen molar-refractivity contribution in [1.82, 2.24) is 4.90 Å². The molecule has 3 aliphatic rings. The monoisotopic (exact) mass is 386 g/mol. The summed E-state index contributed by atoms with van der Waals surface area (Å²) in [5, 5.41) is 9.86. The van der Waals surface area contributed by atoms with Crippen LogP contribution < -0.4 is 4.90 Å². The van der Waals surface area contributed by atoms with Crippen LogP contribution >= 0.6 is 0 Å². The Morgan fingerprint density at radius 3 is 2.54 bits per heavy atom. The van der Waals surface area contributed by atoms with Gasteiger partial charge in [0, 0.05) is 45.3 Å². The van der Waals surface area contributed by atoms with E-state index in [1.807, 2.05) is 24.3 Å². The Morgan fingerprint density at radius 1 is 1.14 bits per heavy atom. The minimum absolute atomic E-state index is 0.153. The van der Waals surface area contributed by atoms with Crippen molar-refractivity contribution < 1.29 is 24.2 Å². The molecule has 2 fully saturated rings. The molecule has 2 saturated heterocycles. The van der Waals surface area contributed by atoms with E-state index in [4.69, 9.17) is 4.74 Å². The van der Waals surface area contributed by atoms with E-state index < -0.39 is 17.9 Å². The number of anilines is 1. The third-order valence-corrected chi connectivity index (χ3v) is 6.72. The van der Waals surface area contributed by atoms with Crippen LogP contribution in [0.2, 0.25) is 0 Å². The van der Waals surface area contributed by atoms with Gasteiger partial charge in [0.05, 0.1) is 5.92 Å². The van der Waals surface area contributed by atoms with Crippen molar-refractivity contribution in [1.29, 1.82) is 0 Å². The van der Waals surface area contributed by atoms with E-state index in [2.05, 4.69) is 0 Å². The van der Waals surface area contributed by atoms with Gasteiger partial charge in [-0.05, 0) is 36.3 Å². The van der Waals surface area contributed by atoms with Gasteiger partial charge in [0.15, 0.2) is 0 Å². The quantitative estimate of drug-likeness (QED) is 0.836. The number of ether oxygens (including phenoxy) is 1.